The third-order valence-corrected chi connectivity index (χ3v) is 3.55. The summed E-state index contributed by atoms with van der Waals surface area (Å²) in [6.45, 7) is 1.47. The van der Waals surface area contributed by atoms with E-state index in [9.17, 15) is 9.59 Å². The second-order valence-electron chi connectivity index (χ2n) is 3.14. The van der Waals surface area contributed by atoms with E-state index in [1.54, 1.807) is 18.2 Å². The van der Waals surface area contributed by atoms with Gasteiger partial charge in [0.15, 0.2) is 6.29 Å². The van der Waals surface area contributed by atoms with Crippen LogP contribution in [0.25, 0.3) is 0 Å². The van der Waals surface area contributed by atoms with Crippen molar-refractivity contribution in [2.24, 2.45) is 0 Å². The Bertz CT molecular complexity index is 390. The van der Waals surface area contributed by atoms with Crippen molar-refractivity contribution < 1.29 is 9.59 Å². The van der Waals surface area contributed by atoms with Crippen LogP contribution in [0.3, 0.4) is 0 Å². The average molecular weight is 290 g/mol. The summed E-state index contributed by atoms with van der Waals surface area (Å²) >= 11 is 8.96. The molecule has 0 amide bonds. The fourth-order valence-corrected chi connectivity index (χ4v) is 1.97. The second-order valence-corrected chi connectivity index (χ2v) is 4.33. The average Bonchev–Trinajstić information content (AvgIpc) is 2.26. The first kappa shape index (κ1) is 12.4. The molecule has 1 unspecified atom stereocenters. The molecule has 0 fully saturated rings. The van der Waals surface area contributed by atoms with Gasteiger partial charge in [-0.05, 0) is 18.1 Å². The van der Waals surface area contributed by atoms with Crippen LogP contribution in [-0.4, -0.2) is 12.1 Å². The molecular weight excluding hydrogens is 279 g/mol. The van der Waals surface area contributed by atoms with Gasteiger partial charge in [0.05, 0.1) is 4.83 Å². The maximum Gasteiger partial charge on any atom is 0.150 e. The lowest BCUT2D eigenvalue weighted by Crippen LogP contribution is -2.06. The van der Waals surface area contributed by atoms with Crippen LogP contribution in [0, 0.1) is 0 Å². The third-order valence-electron chi connectivity index (χ3n) is 2.12. The third kappa shape index (κ3) is 2.67. The molecule has 2 nitrogen and oxygen atoms in total. The van der Waals surface area contributed by atoms with Gasteiger partial charge in [-0.3, -0.25) is 9.59 Å². The van der Waals surface area contributed by atoms with Crippen molar-refractivity contribution in [3.05, 3.63) is 34.9 Å². The minimum atomic E-state index is -0.444. The van der Waals surface area contributed by atoms with Crippen LogP contribution in [-0.2, 0) is 10.7 Å². The highest BCUT2D eigenvalue weighted by molar-refractivity contribution is 9.09. The van der Waals surface area contributed by atoms with Crippen LogP contribution in [0.2, 0.25) is 0 Å². The van der Waals surface area contributed by atoms with Crippen LogP contribution in [0.15, 0.2) is 18.2 Å². The maximum absolute atomic E-state index is 11.2. The lowest BCUT2D eigenvalue weighted by Gasteiger charge is -2.11. The molecule has 0 N–H and O–H groups in total. The van der Waals surface area contributed by atoms with Crippen LogP contribution in [0.4, 0.5) is 0 Å². The first-order chi connectivity index (χ1) is 7.11. The first-order valence-electron chi connectivity index (χ1n) is 4.39. The number of Topliss-reactive ketones (excluding diaryl/α,β-unsaturated/α-hetero) is 1. The largest absolute Gasteiger partial charge is 0.298 e. The predicted octanol–water partition coefficient (Wildman–Crippen LogP) is 3.26. The number of rotatable bonds is 4. The Morgan fingerprint density at radius 2 is 2.27 bits per heavy atom. The smallest absolute Gasteiger partial charge is 0.150 e. The number of aldehydes is 1. The molecule has 0 radical (unpaired) electrons. The molecule has 1 rings (SSSR count). The normalized spacial score (nSPS) is 12.2. The van der Waals surface area contributed by atoms with Crippen LogP contribution in [0.1, 0.15) is 33.2 Å². The number of alkyl halides is 2. The molecule has 0 aromatic heterocycles. The molecule has 0 aliphatic heterocycles. The highest BCUT2D eigenvalue weighted by atomic mass is 79.9. The Balaban J connectivity index is 3.28. The summed E-state index contributed by atoms with van der Waals surface area (Å²) in [6.07, 6.45) is 0.740. The predicted molar refractivity (Wildman–Crippen MR) is 63.7 cm³/mol. The van der Waals surface area contributed by atoms with Gasteiger partial charge < -0.3 is 0 Å². The molecule has 15 heavy (non-hydrogen) atoms. The van der Waals surface area contributed by atoms with Gasteiger partial charge in [0.1, 0.15) is 5.78 Å². The van der Waals surface area contributed by atoms with Crippen LogP contribution in [0.5, 0.6) is 0 Å². The molecule has 80 valence electrons. The summed E-state index contributed by atoms with van der Waals surface area (Å²) in [4.78, 5) is 21.7. The number of halogens is 2. The van der Waals surface area contributed by atoms with Crippen molar-refractivity contribution in [3.63, 3.8) is 0 Å². The highest BCUT2D eigenvalue weighted by Crippen LogP contribution is 2.28. The Morgan fingerprint density at radius 1 is 1.60 bits per heavy atom. The first-order valence-corrected chi connectivity index (χ1v) is 5.84. The summed E-state index contributed by atoms with van der Waals surface area (Å²) in [5, 5.41) is 0. The van der Waals surface area contributed by atoms with E-state index in [0.717, 1.165) is 11.8 Å². The van der Waals surface area contributed by atoms with E-state index in [0.29, 0.717) is 11.1 Å². The van der Waals surface area contributed by atoms with Gasteiger partial charge in [-0.2, -0.15) is 0 Å². The van der Waals surface area contributed by atoms with Gasteiger partial charge in [-0.25, -0.2) is 0 Å². The van der Waals surface area contributed by atoms with Gasteiger partial charge in [0.2, 0.25) is 0 Å². The molecule has 0 heterocycles. The zero-order valence-corrected chi connectivity index (χ0v) is 10.5. The summed E-state index contributed by atoms with van der Waals surface area (Å²) < 4.78 is 0. The molecule has 0 saturated carbocycles. The molecule has 1 atom stereocenters. The van der Waals surface area contributed by atoms with Crippen LogP contribution < -0.4 is 0 Å². The second kappa shape index (κ2) is 5.42. The Hall–Kier alpha value is -0.670. The van der Waals surface area contributed by atoms with Gasteiger partial charge >= 0.3 is 0 Å². The van der Waals surface area contributed by atoms with Crippen molar-refractivity contribution in [1.29, 1.82) is 0 Å². The fraction of sp³-hybridized carbons (Fsp3) is 0.273. The number of carbonyl (C=O) groups excluding carboxylic acids is 2. The molecule has 4 heteroatoms. The van der Waals surface area contributed by atoms with Gasteiger partial charge in [-0.1, -0.05) is 34.1 Å². The fourth-order valence-electron chi connectivity index (χ4n) is 1.33. The lowest BCUT2D eigenvalue weighted by molar-refractivity contribution is -0.116. The summed E-state index contributed by atoms with van der Waals surface area (Å²) in [6, 6.07) is 5.32. The zero-order valence-electron chi connectivity index (χ0n) is 8.17. The van der Waals surface area contributed by atoms with Crippen LogP contribution >= 0.6 is 27.5 Å². The molecule has 0 spiro atoms. The number of benzene rings is 1. The van der Waals surface area contributed by atoms with E-state index in [4.69, 9.17) is 11.6 Å². The zero-order chi connectivity index (χ0) is 11.4. The number of hydrogen-bond acceptors (Lipinski definition) is 2. The Kier molecular flexibility index (Phi) is 4.48. The number of ketones is 1. The van der Waals surface area contributed by atoms with Crippen molar-refractivity contribution in [2.45, 2.75) is 17.6 Å². The minimum absolute atomic E-state index is 0.0372. The van der Waals surface area contributed by atoms with Gasteiger partial charge in [0, 0.05) is 11.4 Å². The van der Waals surface area contributed by atoms with E-state index in [1.165, 1.54) is 6.92 Å². The van der Waals surface area contributed by atoms with Crippen molar-refractivity contribution >= 4 is 39.6 Å². The van der Waals surface area contributed by atoms with E-state index >= 15 is 0 Å². The standard InChI is InChI=1S/C11H10BrClO2/c1-7(15)11(12)9-4-2-3-8(5-13)10(9)6-14/h2-4,6,11H,5H2,1H3. The summed E-state index contributed by atoms with van der Waals surface area (Å²) in [5.41, 5.74) is 1.93. The van der Waals surface area contributed by atoms with Gasteiger partial charge in [0.25, 0.3) is 0 Å². The van der Waals surface area contributed by atoms with Crippen molar-refractivity contribution in [1.82, 2.24) is 0 Å². The summed E-state index contributed by atoms with van der Waals surface area (Å²) in [7, 11) is 0. The minimum Gasteiger partial charge on any atom is -0.298 e. The molecule has 0 aliphatic rings. The van der Waals surface area contributed by atoms with E-state index in [-0.39, 0.29) is 11.7 Å². The number of carbonyl (C=O) groups is 2. The van der Waals surface area contributed by atoms with Crippen molar-refractivity contribution in [3.8, 4) is 0 Å². The Morgan fingerprint density at radius 3 is 2.73 bits per heavy atom. The van der Waals surface area contributed by atoms with E-state index in [1.807, 2.05) is 0 Å². The molecular formula is C11H10BrClO2. The molecule has 0 aliphatic carbocycles. The van der Waals surface area contributed by atoms with Crippen molar-refractivity contribution in [2.75, 3.05) is 0 Å². The molecule has 1 aromatic rings. The van der Waals surface area contributed by atoms with E-state index in [2.05, 4.69) is 15.9 Å². The Labute approximate surface area is 102 Å². The topological polar surface area (TPSA) is 34.1 Å². The molecule has 0 bridgehead atoms. The van der Waals surface area contributed by atoms with E-state index < -0.39 is 4.83 Å². The SMILES string of the molecule is CC(=O)C(Br)c1cccc(CCl)c1C=O. The lowest BCUT2D eigenvalue weighted by atomic mass is 9.99. The monoisotopic (exact) mass is 288 g/mol. The molecule has 1 aromatic carbocycles. The highest BCUT2D eigenvalue weighted by Gasteiger charge is 2.17. The number of hydrogen-bond donors (Lipinski definition) is 0. The quantitative estimate of drug-likeness (QED) is 0.630. The van der Waals surface area contributed by atoms with Gasteiger partial charge in [-0.15, -0.1) is 11.6 Å². The molecule has 0 saturated heterocycles. The maximum atomic E-state index is 11.2. The summed E-state index contributed by atoms with van der Waals surface area (Å²) in [5.74, 6) is 0.226.